The number of ether oxygens (including phenoxy) is 2. The summed E-state index contributed by atoms with van der Waals surface area (Å²) in [7, 11) is 1.37. The topological polar surface area (TPSA) is 111 Å². The standard InChI is InChI=1S/C41H52N6O4/c1-27-22-33(23-28(2)34(27)24-42)51-39-40(3,4)38(41(39,5)6)44-36(48)30-8-10-31(11-9-30)46-16-14-29(15-17-46)26-45-18-20-47(21-19-45)32-12-13-35(43-25-32)37(49)50-7/h8-13,22-23,25,29,38-39H,14-21,26H2,1-7H3,(H,44,48). The number of carbonyl (C=O) groups excluding carboxylic acids is 2. The maximum Gasteiger partial charge on any atom is 0.356 e. The van der Waals surface area contributed by atoms with Crippen LogP contribution in [0.1, 0.15) is 78.1 Å². The van der Waals surface area contributed by atoms with Crippen LogP contribution in [-0.4, -0.2) is 86.8 Å². The molecule has 0 atom stereocenters. The lowest BCUT2D eigenvalue weighted by Crippen LogP contribution is -2.74. The number of esters is 1. The quantitative estimate of drug-likeness (QED) is 0.270. The average Bonchev–Trinajstić information content (AvgIpc) is 3.13. The number of aromatic nitrogens is 1. The summed E-state index contributed by atoms with van der Waals surface area (Å²) in [5.41, 5.74) is 5.13. The van der Waals surface area contributed by atoms with Crippen LogP contribution in [0.4, 0.5) is 11.4 Å². The summed E-state index contributed by atoms with van der Waals surface area (Å²) in [5, 5.41) is 12.8. The predicted molar refractivity (Wildman–Crippen MR) is 199 cm³/mol. The third-order valence-electron chi connectivity index (χ3n) is 11.5. The molecule has 1 amide bonds. The van der Waals surface area contributed by atoms with E-state index in [9.17, 15) is 14.9 Å². The minimum Gasteiger partial charge on any atom is -0.489 e. The molecule has 2 saturated heterocycles. The molecule has 51 heavy (non-hydrogen) atoms. The number of aryl methyl sites for hydroxylation is 2. The molecule has 0 radical (unpaired) electrons. The number of amides is 1. The zero-order valence-corrected chi connectivity index (χ0v) is 31.2. The van der Waals surface area contributed by atoms with Crippen LogP contribution in [0.5, 0.6) is 5.75 Å². The Bertz CT molecular complexity index is 1730. The molecule has 1 aliphatic carbocycles. The first-order valence-corrected chi connectivity index (χ1v) is 18.2. The van der Waals surface area contributed by atoms with E-state index < -0.39 is 5.97 Å². The Morgan fingerprint density at radius 2 is 1.47 bits per heavy atom. The lowest BCUT2D eigenvalue weighted by molar-refractivity contribution is -0.164. The van der Waals surface area contributed by atoms with E-state index in [4.69, 9.17) is 9.47 Å². The maximum absolute atomic E-state index is 13.5. The highest BCUT2D eigenvalue weighted by molar-refractivity contribution is 5.95. The summed E-state index contributed by atoms with van der Waals surface area (Å²) in [6, 6.07) is 17.8. The summed E-state index contributed by atoms with van der Waals surface area (Å²) < 4.78 is 11.3. The first-order valence-electron chi connectivity index (χ1n) is 18.2. The number of piperazine rings is 1. The number of nitrogens with zero attached hydrogens (tertiary/aromatic N) is 5. The van der Waals surface area contributed by atoms with Gasteiger partial charge in [-0.1, -0.05) is 27.7 Å². The summed E-state index contributed by atoms with van der Waals surface area (Å²) >= 11 is 0. The van der Waals surface area contributed by atoms with Crippen LogP contribution in [0.25, 0.3) is 0 Å². The minimum absolute atomic E-state index is 0.0653. The fraction of sp³-hybridized carbons (Fsp3) is 0.512. The molecule has 0 bridgehead atoms. The van der Waals surface area contributed by atoms with Gasteiger partial charge in [-0.25, -0.2) is 9.78 Å². The van der Waals surface area contributed by atoms with E-state index in [2.05, 4.69) is 70.9 Å². The molecule has 0 spiro atoms. The molecule has 3 aliphatic rings. The first kappa shape index (κ1) is 36.2. The van der Waals surface area contributed by atoms with Crippen LogP contribution in [0.2, 0.25) is 0 Å². The number of nitriles is 1. The normalized spacial score (nSPS) is 21.7. The van der Waals surface area contributed by atoms with Gasteiger partial charge in [-0.2, -0.15) is 5.26 Å². The van der Waals surface area contributed by atoms with Gasteiger partial charge < -0.3 is 24.6 Å². The Labute approximate surface area is 302 Å². The van der Waals surface area contributed by atoms with Gasteiger partial charge in [0.1, 0.15) is 17.5 Å². The van der Waals surface area contributed by atoms with E-state index in [-0.39, 0.29) is 28.9 Å². The lowest BCUT2D eigenvalue weighted by Gasteiger charge is -2.63. The van der Waals surface area contributed by atoms with Crippen LogP contribution in [0.3, 0.4) is 0 Å². The largest absolute Gasteiger partial charge is 0.489 e. The Morgan fingerprint density at radius 3 is 2.02 bits per heavy atom. The molecule has 10 nitrogen and oxygen atoms in total. The highest BCUT2D eigenvalue weighted by Crippen LogP contribution is 2.55. The van der Waals surface area contributed by atoms with Gasteiger partial charge >= 0.3 is 5.97 Å². The van der Waals surface area contributed by atoms with Crippen LogP contribution in [-0.2, 0) is 4.74 Å². The monoisotopic (exact) mass is 692 g/mol. The highest BCUT2D eigenvalue weighted by atomic mass is 16.5. The van der Waals surface area contributed by atoms with Crippen molar-refractivity contribution in [2.75, 3.05) is 62.7 Å². The molecule has 1 aromatic heterocycles. The second kappa shape index (κ2) is 14.5. The molecule has 6 rings (SSSR count). The second-order valence-electron chi connectivity index (χ2n) is 15.7. The van der Waals surface area contributed by atoms with Crippen LogP contribution >= 0.6 is 0 Å². The van der Waals surface area contributed by atoms with Crippen molar-refractivity contribution < 1.29 is 19.1 Å². The van der Waals surface area contributed by atoms with Crippen molar-refractivity contribution in [3.63, 3.8) is 0 Å². The van der Waals surface area contributed by atoms with Gasteiger partial charge in [-0.05, 0) is 92.3 Å². The number of nitrogens with one attached hydrogen (secondary N) is 1. The molecular weight excluding hydrogens is 640 g/mol. The fourth-order valence-electron chi connectivity index (χ4n) is 8.87. The Kier molecular flexibility index (Phi) is 10.3. The molecular formula is C41H52N6O4. The molecule has 2 aromatic carbocycles. The third kappa shape index (κ3) is 7.41. The number of methoxy groups -OCH3 is 1. The minimum atomic E-state index is -0.414. The van der Waals surface area contributed by atoms with Crippen LogP contribution in [0, 0.1) is 41.9 Å². The zero-order chi connectivity index (χ0) is 36.5. The van der Waals surface area contributed by atoms with E-state index >= 15 is 0 Å². The number of benzene rings is 2. The Hall–Kier alpha value is -4.62. The van der Waals surface area contributed by atoms with Gasteiger partial charge in [0.25, 0.3) is 5.91 Å². The van der Waals surface area contributed by atoms with Gasteiger partial charge in [-0.3, -0.25) is 9.69 Å². The summed E-state index contributed by atoms with van der Waals surface area (Å²) in [6.45, 7) is 19.5. The fourth-order valence-corrected chi connectivity index (χ4v) is 8.87. The predicted octanol–water partition coefficient (Wildman–Crippen LogP) is 6.01. The molecule has 3 heterocycles. The second-order valence-corrected chi connectivity index (χ2v) is 15.7. The van der Waals surface area contributed by atoms with E-state index in [1.165, 1.54) is 7.11 Å². The van der Waals surface area contributed by atoms with Crippen molar-refractivity contribution in [2.24, 2.45) is 16.7 Å². The number of hydrogen-bond acceptors (Lipinski definition) is 9. The number of carbonyl (C=O) groups is 2. The summed E-state index contributed by atoms with van der Waals surface area (Å²) in [6.07, 6.45) is 3.96. The average molecular weight is 693 g/mol. The van der Waals surface area contributed by atoms with E-state index in [1.807, 2.05) is 44.2 Å². The van der Waals surface area contributed by atoms with E-state index in [0.717, 1.165) is 86.9 Å². The summed E-state index contributed by atoms with van der Waals surface area (Å²) in [5.74, 6) is 0.955. The lowest BCUT2D eigenvalue weighted by atomic mass is 9.49. The Morgan fingerprint density at radius 1 is 0.882 bits per heavy atom. The molecule has 1 saturated carbocycles. The molecule has 270 valence electrons. The molecule has 0 unspecified atom stereocenters. The Balaban J connectivity index is 0.960. The number of pyridine rings is 1. The van der Waals surface area contributed by atoms with E-state index in [0.29, 0.717) is 22.7 Å². The van der Waals surface area contributed by atoms with Crippen molar-refractivity contribution in [1.29, 1.82) is 5.26 Å². The van der Waals surface area contributed by atoms with Gasteiger partial charge in [0, 0.05) is 73.9 Å². The number of hydrogen-bond donors (Lipinski definition) is 1. The van der Waals surface area contributed by atoms with Gasteiger partial charge in [-0.15, -0.1) is 0 Å². The van der Waals surface area contributed by atoms with Gasteiger partial charge in [0.15, 0.2) is 0 Å². The van der Waals surface area contributed by atoms with Crippen molar-refractivity contribution in [1.82, 2.24) is 15.2 Å². The SMILES string of the molecule is COC(=O)c1ccc(N2CCN(CC3CCN(c4ccc(C(=O)NC5C(C)(C)C(Oc6cc(C)c(C#N)c(C)c6)C5(C)C)cc4)CC3)CC2)cn1. The molecule has 1 N–H and O–H groups in total. The van der Waals surface area contributed by atoms with Crippen LogP contribution in [0.15, 0.2) is 54.7 Å². The molecule has 3 aromatic rings. The van der Waals surface area contributed by atoms with Crippen molar-refractivity contribution in [2.45, 2.75) is 66.5 Å². The van der Waals surface area contributed by atoms with Crippen molar-refractivity contribution in [3.8, 4) is 11.8 Å². The van der Waals surface area contributed by atoms with Gasteiger partial charge in [0.2, 0.25) is 0 Å². The summed E-state index contributed by atoms with van der Waals surface area (Å²) in [4.78, 5) is 36.8. The highest BCUT2D eigenvalue weighted by Gasteiger charge is 2.64. The van der Waals surface area contributed by atoms with Crippen LogP contribution < -0.4 is 19.9 Å². The zero-order valence-electron chi connectivity index (χ0n) is 31.2. The smallest absolute Gasteiger partial charge is 0.356 e. The molecule has 10 heteroatoms. The molecule has 3 fully saturated rings. The number of rotatable bonds is 9. The van der Waals surface area contributed by atoms with Crippen molar-refractivity contribution >= 4 is 23.3 Å². The first-order chi connectivity index (χ1) is 24.3. The van der Waals surface area contributed by atoms with Gasteiger partial charge in [0.05, 0.1) is 30.6 Å². The number of piperidine rings is 1. The molecule has 2 aliphatic heterocycles. The van der Waals surface area contributed by atoms with E-state index in [1.54, 1.807) is 12.3 Å². The number of anilines is 2. The third-order valence-corrected chi connectivity index (χ3v) is 11.5. The van der Waals surface area contributed by atoms with Crippen molar-refractivity contribution in [3.05, 3.63) is 82.7 Å². The maximum atomic E-state index is 13.5.